The molecule has 0 bridgehead atoms. The van der Waals surface area contributed by atoms with E-state index in [9.17, 15) is 0 Å². The smallest absolute Gasteiger partial charge is 0.0113 e. The van der Waals surface area contributed by atoms with E-state index < -0.39 is 0 Å². The molecular weight excluding hydrogens is 348 g/mol. The zero-order valence-electron chi connectivity index (χ0n) is 20.7. The van der Waals surface area contributed by atoms with Crippen molar-refractivity contribution in [2.75, 3.05) is 0 Å². The molecule has 0 radical (unpaired) electrons. The van der Waals surface area contributed by atoms with Crippen molar-refractivity contribution < 1.29 is 0 Å². The molecule has 4 saturated carbocycles. The van der Waals surface area contributed by atoms with Gasteiger partial charge in [-0.15, -0.1) is 0 Å². The van der Waals surface area contributed by atoms with Crippen molar-refractivity contribution in [1.29, 1.82) is 0 Å². The Labute approximate surface area is 181 Å². The van der Waals surface area contributed by atoms with Crippen molar-refractivity contribution in [3.05, 3.63) is 11.6 Å². The SMILES string of the molecule is C[C@@H]1CCC[C@]2(C)[C@H]3CC[C@@H]4C5=CC(C)(C)CC[C@]5(C)CC[C@@]4(C)[C@]3(C)CC[C@@H]12. The van der Waals surface area contributed by atoms with Gasteiger partial charge in [-0.25, -0.2) is 0 Å². The second-order valence-electron chi connectivity index (χ2n) is 14.2. The molecule has 5 aliphatic rings. The van der Waals surface area contributed by atoms with Gasteiger partial charge in [-0.3, -0.25) is 0 Å². The number of fused-ring (bicyclic) bond motifs is 7. The summed E-state index contributed by atoms with van der Waals surface area (Å²) in [6.45, 7) is 18.5. The van der Waals surface area contributed by atoms with Crippen LogP contribution in [0.2, 0.25) is 0 Å². The standard InChI is InChI=1S/C29H48/c1-20-9-8-13-27(5)21(20)12-14-29(7)24(27)11-10-22-23-19-25(2,3)15-16-26(23,4)17-18-28(22,29)6/h19-22,24H,8-18H2,1-7H3/t20-,21+,22-,24-,26-,27+,28-,29-/m1/s1. The van der Waals surface area contributed by atoms with Crippen molar-refractivity contribution in [2.45, 2.75) is 119 Å². The van der Waals surface area contributed by atoms with Crippen LogP contribution in [-0.2, 0) is 0 Å². The highest BCUT2D eigenvalue weighted by Gasteiger charge is 2.66. The largest absolute Gasteiger partial charge is 0.0788 e. The summed E-state index contributed by atoms with van der Waals surface area (Å²) < 4.78 is 0. The van der Waals surface area contributed by atoms with Crippen LogP contribution in [0, 0.1) is 50.7 Å². The van der Waals surface area contributed by atoms with Gasteiger partial charge in [0.15, 0.2) is 0 Å². The highest BCUT2D eigenvalue weighted by atomic mass is 14.7. The van der Waals surface area contributed by atoms with E-state index in [1.807, 2.05) is 5.57 Å². The summed E-state index contributed by atoms with van der Waals surface area (Å²) >= 11 is 0. The van der Waals surface area contributed by atoms with Gasteiger partial charge in [0, 0.05) is 0 Å². The molecule has 0 spiro atoms. The van der Waals surface area contributed by atoms with Crippen molar-refractivity contribution >= 4 is 0 Å². The van der Waals surface area contributed by atoms with Gasteiger partial charge in [-0.1, -0.05) is 73.0 Å². The van der Waals surface area contributed by atoms with E-state index in [2.05, 4.69) is 54.5 Å². The fourth-order valence-corrected chi connectivity index (χ4v) is 10.3. The quantitative estimate of drug-likeness (QED) is 0.359. The summed E-state index contributed by atoms with van der Waals surface area (Å²) in [5, 5.41) is 0. The lowest BCUT2D eigenvalue weighted by molar-refractivity contribution is -0.201. The molecule has 0 aromatic heterocycles. The molecule has 0 unspecified atom stereocenters. The van der Waals surface area contributed by atoms with E-state index in [-0.39, 0.29) is 0 Å². The maximum Gasteiger partial charge on any atom is -0.0113 e. The van der Waals surface area contributed by atoms with Crippen molar-refractivity contribution in [3.8, 4) is 0 Å². The van der Waals surface area contributed by atoms with Crippen molar-refractivity contribution in [1.82, 2.24) is 0 Å². The minimum absolute atomic E-state index is 0.410. The molecule has 164 valence electrons. The third-order valence-electron chi connectivity index (χ3n) is 12.4. The third kappa shape index (κ3) is 2.62. The topological polar surface area (TPSA) is 0 Å². The first-order valence-electron chi connectivity index (χ1n) is 13.2. The van der Waals surface area contributed by atoms with Gasteiger partial charge in [0.2, 0.25) is 0 Å². The molecule has 0 aromatic carbocycles. The minimum Gasteiger partial charge on any atom is -0.0788 e. The lowest BCUT2D eigenvalue weighted by Crippen LogP contribution is -2.63. The highest BCUT2D eigenvalue weighted by molar-refractivity contribution is 5.31. The lowest BCUT2D eigenvalue weighted by atomic mass is 9.33. The first-order chi connectivity index (χ1) is 13.5. The van der Waals surface area contributed by atoms with Crippen LogP contribution in [0.1, 0.15) is 119 Å². The van der Waals surface area contributed by atoms with Crippen LogP contribution in [-0.4, -0.2) is 0 Å². The zero-order valence-corrected chi connectivity index (χ0v) is 20.7. The maximum absolute atomic E-state index is 2.79. The number of rotatable bonds is 0. The summed E-state index contributed by atoms with van der Waals surface area (Å²) in [5.74, 6) is 3.76. The van der Waals surface area contributed by atoms with E-state index >= 15 is 0 Å². The van der Waals surface area contributed by atoms with Gasteiger partial charge in [0.05, 0.1) is 0 Å². The second-order valence-corrected chi connectivity index (χ2v) is 14.2. The predicted molar refractivity (Wildman–Crippen MR) is 125 cm³/mol. The monoisotopic (exact) mass is 396 g/mol. The molecular formula is C29H48. The zero-order chi connectivity index (χ0) is 20.9. The summed E-state index contributed by atoms with van der Waals surface area (Å²) in [4.78, 5) is 0. The second kappa shape index (κ2) is 6.16. The van der Waals surface area contributed by atoms with Gasteiger partial charge < -0.3 is 0 Å². The Morgan fingerprint density at radius 3 is 2.21 bits per heavy atom. The van der Waals surface area contributed by atoms with Gasteiger partial charge in [0.1, 0.15) is 0 Å². The minimum atomic E-state index is 0.410. The fraction of sp³-hybridized carbons (Fsp3) is 0.931. The Balaban J connectivity index is 1.56. The Morgan fingerprint density at radius 1 is 0.724 bits per heavy atom. The molecule has 0 saturated heterocycles. The first kappa shape index (κ1) is 20.6. The van der Waals surface area contributed by atoms with Gasteiger partial charge in [-0.2, -0.15) is 0 Å². The number of hydrogen-bond donors (Lipinski definition) is 0. The van der Waals surface area contributed by atoms with Gasteiger partial charge in [-0.05, 0) is 109 Å². The summed E-state index contributed by atoms with van der Waals surface area (Å²) in [5.41, 5.74) is 4.49. The molecule has 0 aliphatic heterocycles. The molecule has 4 fully saturated rings. The van der Waals surface area contributed by atoms with Crippen LogP contribution in [0.4, 0.5) is 0 Å². The molecule has 8 atom stereocenters. The van der Waals surface area contributed by atoms with E-state index in [1.165, 1.54) is 70.6 Å². The Bertz CT molecular complexity index is 714. The van der Waals surface area contributed by atoms with Crippen LogP contribution < -0.4 is 0 Å². The summed E-state index contributed by atoms with van der Waals surface area (Å²) in [6, 6.07) is 0. The summed E-state index contributed by atoms with van der Waals surface area (Å²) in [7, 11) is 0. The van der Waals surface area contributed by atoms with E-state index in [0.717, 1.165) is 23.7 Å². The highest BCUT2D eigenvalue weighted by Crippen LogP contribution is 2.75. The summed E-state index contributed by atoms with van der Waals surface area (Å²) in [6.07, 6.45) is 19.0. The van der Waals surface area contributed by atoms with Gasteiger partial charge in [0.25, 0.3) is 0 Å². The van der Waals surface area contributed by atoms with Crippen LogP contribution in [0.3, 0.4) is 0 Å². The molecule has 0 heterocycles. The van der Waals surface area contributed by atoms with Gasteiger partial charge >= 0.3 is 0 Å². The van der Waals surface area contributed by atoms with Crippen LogP contribution in [0.25, 0.3) is 0 Å². The molecule has 29 heavy (non-hydrogen) atoms. The molecule has 5 rings (SSSR count). The van der Waals surface area contributed by atoms with E-state index in [0.29, 0.717) is 27.1 Å². The average Bonchev–Trinajstić information content (AvgIpc) is 2.63. The molecule has 0 N–H and O–H groups in total. The van der Waals surface area contributed by atoms with Crippen molar-refractivity contribution in [2.24, 2.45) is 50.7 Å². The molecule has 0 amide bonds. The average molecular weight is 397 g/mol. The number of allylic oxidation sites excluding steroid dienone is 2. The fourth-order valence-electron chi connectivity index (χ4n) is 10.3. The van der Waals surface area contributed by atoms with Crippen molar-refractivity contribution in [3.63, 3.8) is 0 Å². The molecule has 0 nitrogen and oxygen atoms in total. The third-order valence-corrected chi connectivity index (χ3v) is 12.4. The van der Waals surface area contributed by atoms with E-state index in [4.69, 9.17) is 0 Å². The van der Waals surface area contributed by atoms with Crippen LogP contribution in [0.5, 0.6) is 0 Å². The van der Waals surface area contributed by atoms with Crippen LogP contribution in [0.15, 0.2) is 11.6 Å². The maximum atomic E-state index is 2.79. The molecule has 0 heteroatoms. The van der Waals surface area contributed by atoms with Crippen LogP contribution >= 0.6 is 0 Å². The predicted octanol–water partition coefficient (Wildman–Crippen LogP) is 8.81. The Hall–Kier alpha value is -0.260. The Morgan fingerprint density at radius 2 is 1.45 bits per heavy atom. The number of hydrogen-bond acceptors (Lipinski definition) is 0. The molecule has 5 aliphatic carbocycles. The first-order valence-corrected chi connectivity index (χ1v) is 13.2. The Kier molecular flexibility index (Phi) is 4.38. The molecule has 0 aromatic rings. The normalized spacial score (nSPS) is 56.3. The van der Waals surface area contributed by atoms with E-state index in [1.54, 1.807) is 0 Å². The lowest BCUT2D eigenvalue weighted by Gasteiger charge is -2.71.